The molecule has 0 aliphatic carbocycles. The maximum absolute atomic E-state index is 13.2. The molecule has 148 valence electrons. The number of nitrogens with zero attached hydrogens (tertiary/aromatic N) is 1. The van der Waals surface area contributed by atoms with Crippen LogP contribution in [0.4, 0.5) is 9.18 Å². The first kappa shape index (κ1) is 21.2. The van der Waals surface area contributed by atoms with Gasteiger partial charge in [-0.25, -0.2) is 9.18 Å². The molecule has 2 rings (SSSR count). The van der Waals surface area contributed by atoms with Gasteiger partial charge in [0.2, 0.25) is 0 Å². The summed E-state index contributed by atoms with van der Waals surface area (Å²) >= 11 is 0. The van der Waals surface area contributed by atoms with Crippen molar-refractivity contribution in [1.82, 2.24) is 10.6 Å². The van der Waals surface area contributed by atoms with Gasteiger partial charge in [-0.15, -0.1) is 0 Å². The van der Waals surface area contributed by atoms with Gasteiger partial charge in [0.15, 0.2) is 6.61 Å². The Morgan fingerprint density at radius 1 is 1.21 bits per heavy atom. The number of urea groups is 1. The third-order valence-electron chi connectivity index (χ3n) is 4.05. The van der Waals surface area contributed by atoms with E-state index in [-0.39, 0.29) is 29.9 Å². The van der Waals surface area contributed by atoms with E-state index in [9.17, 15) is 9.18 Å². The maximum atomic E-state index is 13.2. The van der Waals surface area contributed by atoms with Crippen LogP contribution in [0.3, 0.4) is 0 Å². The van der Waals surface area contributed by atoms with Crippen molar-refractivity contribution in [2.24, 2.45) is 5.41 Å². The minimum absolute atomic E-state index is 0.0151. The summed E-state index contributed by atoms with van der Waals surface area (Å²) in [6.45, 7) is 6.58. The number of hydrogen-bond acceptors (Lipinski definition) is 3. The molecule has 5 nitrogen and oxygen atoms in total. The summed E-state index contributed by atoms with van der Waals surface area (Å²) in [7, 11) is 0. The van der Waals surface area contributed by atoms with Gasteiger partial charge < -0.3 is 15.4 Å². The van der Waals surface area contributed by atoms with E-state index in [0.717, 1.165) is 11.1 Å². The van der Waals surface area contributed by atoms with Crippen LogP contribution in [0, 0.1) is 22.6 Å². The van der Waals surface area contributed by atoms with Crippen LogP contribution in [-0.4, -0.2) is 12.6 Å². The average Bonchev–Trinajstić information content (AvgIpc) is 2.64. The molecule has 0 bridgehead atoms. The Labute approximate surface area is 165 Å². The second-order valence-electron chi connectivity index (χ2n) is 7.79. The molecule has 1 unspecified atom stereocenters. The molecule has 0 saturated carbocycles. The number of benzene rings is 2. The van der Waals surface area contributed by atoms with Crippen molar-refractivity contribution in [3.05, 3.63) is 65.5 Å². The second-order valence-corrected chi connectivity index (χ2v) is 7.79. The van der Waals surface area contributed by atoms with Gasteiger partial charge in [-0.2, -0.15) is 5.26 Å². The summed E-state index contributed by atoms with van der Waals surface area (Å²) < 4.78 is 18.5. The Morgan fingerprint density at radius 2 is 1.93 bits per heavy atom. The number of halogens is 1. The molecule has 2 N–H and O–H groups in total. The van der Waals surface area contributed by atoms with Crippen LogP contribution in [0.25, 0.3) is 0 Å². The molecule has 2 aromatic rings. The van der Waals surface area contributed by atoms with Gasteiger partial charge >= 0.3 is 6.03 Å². The lowest BCUT2D eigenvalue weighted by atomic mass is 9.85. The molecule has 0 spiro atoms. The van der Waals surface area contributed by atoms with Crippen molar-refractivity contribution in [1.29, 1.82) is 5.26 Å². The number of nitriles is 1. The quantitative estimate of drug-likeness (QED) is 0.727. The first-order chi connectivity index (χ1) is 13.3. The van der Waals surface area contributed by atoms with E-state index in [4.69, 9.17) is 10.00 Å². The zero-order valence-corrected chi connectivity index (χ0v) is 16.5. The molecule has 0 aliphatic heterocycles. The highest BCUT2D eigenvalue weighted by molar-refractivity contribution is 5.74. The summed E-state index contributed by atoms with van der Waals surface area (Å²) in [5.74, 6) is 0.277. The van der Waals surface area contributed by atoms with Gasteiger partial charge in [0.25, 0.3) is 0 Å². The van der Waals surface area contributed by atoms with Crippen LogP contribution in [0.5, 0.6) is 5.75 Å². The Morgan fingerprint density at radius 3 is 2.57 bits per heavy atom. The molecule has 2 aromatic carbocycles. The third-order valence-corrected chi connectivity index (χ3v) is 4.05. The average molecular weight is 383 g/mol. The number of carbonyl (C=O) groups is 1. The van der Waals surface area contributed by atoms with Crippen molar-refractivity contribution in [3.8, 4) is 11.8 Å². The minimum atomic E-state index is -0.304. The predicted octanol–water partition coefficient (Wildman–Crippen LogP) is 4.70. The van der Waals surface area contributed by atoms with Crippen LogP contribution in [0.1, 0.15) is 44.4 Å². The monoisotopic (exact) mass is 383 g/mol. The Kier molecular flexibility index (Phi) is 7.39. The Balaban J connectivity index is 1.99. The highest BCUT2D eigenvalue weighted by atomic mass is 19.1. The van der Waals surface area contributed by atoms with Gasteiger partial charge in [-0.05, 0) is 47.2 Å². The van der Waals surface area contributed by atoms with Crippen LogP contribution >= 0.6 is 0 Å². The molecular weight excluding hydrogens is 357 g/mol. The number of hydrogen-bond donors (Lipinski definition) is 2. The molecule has 0 heterocycles. The van der Waals surface area contributed by atoms with E-state index in [2.05, 4.69) is 31.4 Å². The van der Waals surface area contributed by atoms with Crippen molar-refractivity contribution in [3.63, 3.8) is 0 Å². The predicted molar refractivity (Wildman–Crippen MR) is 106 cm³/mol. The summed E-state index contributed by atoms with van der Waals surface area (Å²) in [6, 6.07) is 14.8. The fourth-order valence-corrected chi connectivity index (χ4v) is 2.81. The topological polar surface area (TPSA) is 74.2 Å². The number of ether oxygens (including phenoxy) is 1. The molecule has 1 atom stereocenters. The van der Waals surface area contributed by atoms with E-state index >= 15 is 0 Å². The summed E-state index contributed by atoms with van der Waals surface area (Å²) in [6.07, 6.45) is 0.712. The molecule has 6 heteroatoms. The first-order valence-corrected chi connectivity index (χ1v) is 9.15. The largest absolute Gasteiger partial charge is 0.479 e. The van der Waals surface area contributed by atoms with Crippen molar-refractivity contribution in [2.75, 3.05) is 6.61 Å². The van der Waals surface area contributed by atoms with Crippen molar-refractivity contribution in [2.45, 2.75) is 39.8 Å². The molecule has 0 fully saturated rings. The number of rotatable bonds is 7. The fraction of sp³-hybridized carbons (Fsp3) is 0.364. The Hall–Kier alpha value is -3.07. The third kappa shape index (κ3) is 7.28. The summed E-state index contributed by atoms with van der Waals surface area (Å²) in [5.41, 5.74) is 1.71. The lowest BCUT2D eigenvalue weighted by Gasteiger charge is -2.27. The first-order valence-electron chi connectivity index (χ1n) is 9.15. The van der Waals surface area contributed by atoms with Crippen LogP contribution in [-0.2, 0) is 6.54 Å². The smallest absolute Gasteiger partial charge is 0.315 e. The SMILES string of the molecule is CC(C)(C)CC(NC(=O)NCc1cccc(OCC#N)c1)c1ccc(F)cc1. The minimum Gasteiger partial charge on any atom is -0.479 e. The lowest BCUT2D eigenvalue weighted by molar-refractivity contribution is 0.230. The van der Waals surface area contributed by atoms with Crippen LogP contribution in [0.2, 0.25) is 0 Å². The zero-order valence-electron chi connectivity index (χ0n) is 16.5. The van der Waals surface area contributed by atoms with Gasteiger partial charge in [-0.3, -0.25) is 0 Å². The van der Waals surface area contributed by atoms with Crippen LogP contribution in [0.15, 0.2) is 48.5 Å². The molecule has 0 saturated heterocycles. The zero-order chi connectivity index (χ0) is 20.6. The highest BCUT2D eigenvalue weighted by Crippen LogP contribution is 2.29. The van der Waals surface area contributed by atoms with Crippen molar-refractivity contribution < 1.29 is 13.9 Å². The van der Waals surface area contributed by atoms with E-state index < -0.39 is 0 Å². The number of nitrogens with one attached hydrogen (secondary N) is 2. The van der Waals surface area contributed by atoms with Gasteiger partial charge in [-0.1, -0.05) is 45.0 Å². The fourth-order valence-electron chi connectivity index (χ4n) is 2.81. The van der Waals surface area contributed by atoms with Crippen molar-refractivity contribution >= 4 is 6.03 Å². The highest BCUT2D eigenvalue weighted by Gasteiger charge is 2.22. The van der Waals surface area contributed by atoms with Gasteiger partial charge in [0, 0.05) is 6.54 Å². The summed E-state index contributed by atoms with van der Waals surface area (Å²) in [4.78, 5) is 12.4. The molecule has 0 radical (unpaired) electrons. The molecule has 0 aromatic heterocycles. The van der Waals surface area contributed by atoms with Crippen LogP contribution < -0.4 is 15.4 Å². The standard InChI is InChI=1S/C22H26FN3O2/c1-22(2,3)14-20(17-7-9-18(23)10-8-17)26-21(27)25-15-16-5-4-6-19(13-16)28-12-11-24/h4-10,13,20H,12,14-15H2,1-3H3,(H2,25,26,27). The number of carbonyl (C=O) groups excluding carboxylic acids is 1. The van der Waals surface area contributed by atoms with E-state index in [1.807, 2.05) is 18.2 Å². The lowest BCUT2D eigenvalue weighted by Crippen LogP contribution is -2.38. The normalized spacial score (nSPS) is 12.0. The molecular formula is C22H26FN3O2. The molecule has 28 heavy (non-hydrogen) atoms. The van der Waals surface area contributed by atoms with Gasteiger partial charge in [0.05, 0.1) is 6.04 Å². The van der Waals surface area contributed by atoms with Gasteiger partial charge in [0.1, 0.15) is 17.6 Å². The second kappa shape index (κ2) is 9.75. The maximum Gasteiger partial charge on any atom is 0.315 e. The summed E-state index contributed by atoms with van der Waals surface area (Å²) in [5, 5.41) is 14.4. The molecule has 0 aliphatic rings. The van der Waals surface area contributed by atoms with E-state index in [1.165, 1.54) is 12.1 Å². The van der Waals surface area contributed by atoms with E-state index in [1.54, 1.807) is 24.3 Å². The molecule has 2 amide bonds. The number of amides is 2. The van der Waals surface area contributed by atoms with E-state index in [0.29, 0.717) is 18.7 Å². The Bertz CT molecular complexity index is 823.